The van der Waals surface area contributed by atoms with Crippen LogP contribution in [0.1, 0.15) is 5.56 Å². The van der Waals surface area contributed by atoms with E-state index in [1.807, 2.05) is 6.07 Å². The first-order valence-corrected chi connectivity index (χ1v) is 5.90. The third-order valence-corrected chi connectivity index (χ3v) is 3.50. The molecule has 4 nitrogen and oxygen atoms in total. The van der Waals surface area contributed by atoms with E-state index >= 15 is 0 Å². The van der Waals surface area contributed by atoms with Crippen LogP contribution in [-0.2, 0) is 6.42 Å². The lowest BCUT2D eigenvalue weighted by atomic mass is 10.1. The Morgan fingerprint density at radius 3 is 3.27 bits per heavy atom. The van der Waals surface area contributed by atoms with E-state index < -0.39 is 0 Å². The second-order valence-electron chi connectivity index (χ2n) is 3.19. The maximum absolute atomic E-state index is 5.75. The molecule has 0 amide bonds. The van der Waals surface area contributed by atoms with E-state index in [1.165, 1.54) is 5.56 Å². The number of H-pyrrole nitrogens is 1. The quantitative estimate of drug-likeness (QED) is 0.774. The van der Waals surface area contributed by atoms with Crippen molar-refractivity contribution in [3.8, 4) is 11.4 Å². The molecule has 3 rings (SSSR count). The molecule has 2 aromatic heterocycles. The minimum Gasteiger partial charge on any atom is -0.275 e. The van der Waals surface area contributed by atoms with Crippen molar-refractivity contribution >= 4 is 23.4 Å². The van der Waals surface area contributed by atoms with Gasteiger partial charge in [0.15, 0.2) is 0 Å². The van der Waals surface area contributed by atoms with Gasteiger partial charge in [0.1, 0.15) is 5.03 Å². The highest BCUT2D eigenvalue weighted by atomic mass is 35.5. The molecule has 3 heterocycles. The van der Waals surface area contributed by atoms with Crippen LogP contribution in [0.3, 0.4) is 0 Å². The molecular weight excluding hydrogens is 232 g/mol. The third kappa shape index (κ3) is 1.52. The highest BCUT2D eigenvalue weighted by Crippen LogP contribution is 2.35. The summed E-state index contributed by atoms with van der Waals surface area (Å²) in [4.78, 5) is 8.03. The minimum absolute atomic E-state index is 0.265. The van der Waals surface area contributed by atoms with E-state index in [9.17, 15) is 0 Å². The fourth-order valence-electron chi connectivity index (χ4n) is 1.64. The van der Waals surface area contributed by atoms with E-state index in [0.29, 0.717) is 0 Å². The molecule has 0 bridgehead atoms. The second kappa shape index (κ2) is 3.50. The molecule has 0 atom stereocenters. The second-order valence-corrected chi connectivity index (χ2v) is 4.61. The van der Waals surface area contributed by atoms with Crippen LogP contribution in [0.15, 0.2) is 17.3 Å². The number of hydrogen-bond acceptors (Lipinski definition) is 4. The molecule has 0 aromatic carbocycles. The Morgan fingerprint density at radius 2 is 2.40 bits per heavy atom. The predicted molar refractivity (Wildman–Crippen MR) is 59.1 cm³/mol. The monoisotopic (exact) mass is 238 g/mol. The van der Waals surface area contributed by atoms with Crippen molar-refractivity contribution in [2.75, 3.05) is 5.75 Å². The van der Waals surface area contributed by atoms with Crippen molar-refractivity contribution in [2.45, 2.75) is 11.4 Å². The molecule has 0 aliphatic carbocycles. The number of aromatic nitrogens is 4. The van der Waals surface area contributed by atoms with Gasteiger partial charge < -0.3 is 0 Å². The fourth-order valence-corrected chi connectivity index (χ4v) is 2.77. The number of hydrogen-bond donors (Lipinski definition) is 1. The van der Waals surface area contributed by atoms with Gasteiger partial charge in [-0.15, -0.1) is 11.8 Å². The van der Waals surface area contributed by atoms with Gasteiger partial charge in [0.05, 0.1) is 11.4 Å². The van der Waals surface area contributed by atoms with Crippen LogP contribution in [-0.4, -0.2) is 25.9 Å². The van der Waals surface area contributed by atoms with Crippen LogP contribution < -0.4 is 0 Å². The van der Waals surface area contributed by atoms with Gasteiger partial charge >= 0.3 is 0 Å². The molecule has 0 saturated carbocycles. The Kier molecular flexibility index (Phi) is 2.14. The number of fused-ring (bicyclic) bond motifs is 1. The summed E-state index contributed by atoms with van der Waals surface area (Å²) in [5, 5.41) is 8.59. The summed E-state index contributed by atoms with van der Waals surface area (Å²) in [6.07, 6.45) is 2.69. The molecule has 0 radical (unpaired) electrons. The zero-order chi connectivity index (χ0) is 10.3. The summed E-state index contributed by atoms with van der Waals surface area (Å²) < 4.78 is 0. The van der Waals surface area contributed by atoms with Crippen molar-refractivity contribution in [1.29, 1.82) is 0 Å². The molecule has 1 N–H and O–H groups in total. The largest absolute Gasteiger partial charge is 0.275 e. The highest BCUT2D eigenvalue weighted by Gasteiger charge is 2.20. The van der Waals surface area contributed by atoms with Crippen LogP contribution >= 0.6 is 23.4 Å². The zero-order valence-corrected chi connectivity index (χ0v) is 9.27. The van der Waals surface area contributed by atoms with Crippen LogP contribution in [0.5, 0.6) is 0 Å². The Balaban J connectivity index is 2.13. The van der Waals surface area contributed by atoms with Gasteiger partial charge in [0.25, 0.3) is 0 Å². The molecule has 0 fully saturated rings. The smallest absolute Gasteiger partial charge is 0.222 e. The summed E-state index contributed by atoms with van der Waals surface area (Å²) in [7, 11) is 0. The standard InChI is InChI=1S/C9H7ClN4S/c10-9-11-3-1-6(12-9)7-5-2-4-15-8(5)14-13-7/h1,3H,2,4H2,(H,13,14). The number of halogens is 1. The van der Waals surface area contributed by atoms with Gasteiger partial charge in [0, 0.05) is 17.5 Å². The van der Waals surface area contributed by atoms with Gasteiger partial charge in [-0.2, -0.15) is 5.10 Å². The molecule has 0 unspecified atom stereocenters. The van der Waals surface area contributed by atoms with Crippen LogP contribution in [0.25, 0.3) is 11.4 Å². The summed E-state index contributed by atoms with van der Waals surface area (Å²) in [6.45, 7) is 0. The molecule has 1 aliphatic rings. The maximum atomic E-state index is 5.75. The average molecular weight is 239 g/mol. The molecular formula is C9H7ClN4S. The molecule has 76 valence electrons. The van der Waals surface area contributed by atoms with Crippen molar-refractivity contribution < 1.29 is 0 Å². The van der Waals surface area contributed by atoms with Gasteiger partial charge in [-0.3, -0.25) is 5.10 Å². The summed E-state index contributed by atoms with van der Waals surface area (Å²) in [6, 6.07) is 1.84. The zero-order valence-electron chi connectivity index (χ0n) is 7.70. The molecule has 0 spiro atoms. The first-order chi connectivity index (χ1) is 7.34. The number of rotatable bonds is 1. The number of nitrogens with one attached hydrogen (secondary N) is 1. The van der Waals surface area contributed by atoms with Crippen LogP contribution in [0.4, 0.5) is 0 Å². The van der Waals surface area contributed by atoms with E-state index in [1.54, 1.807) is 18.0 Å². The molecule has 2 aromatic rings. The molecule has 15 heavy (non-hydrogen) atoms. The SMILES string of the molecule is Clc1nccc(-c2[nH]nc3c2CCS3)n1. The molecule has 6 heteroatoms. The van der Waals surface area contributed by atoms with Gasteiger partial charge in [0.2, 0.25) is 5.28 Å². The molecule has 0 saturated heterocycles. The number of nitrogens with zero attached hydrogens (tertiary/aromatic N) is 3. The van der Waals surface area contributed by atoms with Crippen molar-refractivity contribution in [3.05, 3.63) is 23.1 Å². The van der Waals surface area contributed by atoms with Gasteiger partial charge in [-0.05, 0) is 24.1 Å². The topological polar surface area (TPSA) is 54.5 Å². The predicted octanol–water partition coefficient (Wildman–Crippen LogP) is 2.17. The van der Waals surface area contributed by atoms with Crippen LogP contribution in [0.2, 0.25) is 5.28 Å². The minimum atomic E-state index is 0.265. The fraction of sp³-hybridized carbons (Fsp3) is 0.222. The van der Waals surface area contributed by atoms with Crippen molar-refractivity contribution in [1.82, 2.24) is 20.2 Å². The summed E-state index contributed by atoms with van der Waals surface area (Å²) in [5.74, 6) is 1.10. The average Bonchev–Trinajstić information content (AvgIpc) is 2.77. The number of thioether (sulfide) groups is 1. The Hall–Kier alpha value is -1.07. The lowest BCUT2D eigenvalue weighted by Gasteiger charge is -1.98. The Labute approximate surface area is 95.5 Å². The number of aromatic amines is 1. The lowest BCUT2D eigenvalue weighted by Crippen LogP contribution is -1.90. The Morgan fingerprint density at radius 1 is 1.47 bits per heavy atom. The summed E-state index contributed by atoms with van der Waals surface area (Å²) >= 11 is 7.52. The lowest BCUT2D eigenvalue weighted by molar-refractivity contribution is 1.00. The van der Waals surface area contributed by atoms with E-state index in [4.69, 9.17) is 11.6 Å². The molecule has 1 aliphatic heterocycles. The van der Waals surface area contributed by atoms with Crippen molar-refractivity contribution in [2.24, 2.45) is 0 Å². The van der Waals surface area contributed by atoms with Crippen LogP contribution in [0, 0.1) is 0 Å². The first kappa shape index (κ1) is 9.18. The van der Waals surface area contributed by atoms with Crippen molar-refractivity contribution in [3.63, 3.8) is 0 Å². The van der Waals surface area contributed by atoms with E-state index in [2.05, 4.69) is 20.2 Å². The summed E-state index contributed by atoms with van der Waals surface area (Å²) in [5.41, 5.74) is 3.03. The third-order valence-electron chi connectivity index (χ3n) is 2.30. The maximum Gasteiger partial charge on any atom is 0.222 e. The Bertz CT molecular complexity index is 511. The van der Waals surface area contributed by atoms with E-state index in [-0.39, 0.29) is 5.28 Å². The van der Waals surface area contributed by atoms with Gasteiger partial charge in [-0.1, -0.05) is 0 Å². The normalized spacial score (nSPS) is 14.2. The van der Waals surface area contributed by atoms with E-state index in [0.717, 1.165) is 28.6 Å². The van der Waals surface area contributed by atoms with Gasteiger partial charge in [-0.25, -0.2) is 9.97 Å². The highest BCUT2D eigenvalue weighted by molar-refractivity contribution is 7.99. The first-order valence-electron chi connectivity index (χ1n) is 4.53.